The summed E-state index contributed by atoms with van der Waals surface area (Å²) >= 11 is 0. The van der Waals surface area contributed by atoms with Crippen LogP contribution in [0.4, 0.5) is 0 Å². The van der Waals surface area contributed by atoms with Gasteiger partial charge in [-0.3, -0.25) is 0 Å². The first-order valence-electron chi connectivity index (χ1n) is 21.1. The maximum atomic E-state index is 5.30. The molecule has 2 nitrogen and oxygen atoms in total. The Balaban J connectivity index is 1.05. The highest BCUT2D eigenvalue weighted by Gasteiger charge is 2.37. The van der Waals surface area contributed by atoms with Crippen LogP contribution in [0.25, 0.3) is 100 Å². The standard InChI is InChI=1S/C59H42N2/c1-59(2)54-31-15-14-28-50(54)52-30-17-29-47(57(52)59)43-25-16-24-42(36-43)46-34-35-51(49-27-13-12-26-48(46)49)56-38-55(60-58(61-56)41-22-10-5-11-23-41)44-32-33-45(39-18-6-3-7-19-39)53(37-44)40-20-8-4-9-21-40/h3-38H,1-2H3. The highest BCUT2D eigenvalue weighted by molar-refractivity contribution is 6.05. The zero-order valence-corrected chi connectivity index (χ0v) is 34.2. The van der Waals surface area contributed by atoms with E-state index in [-0.39, 0.29) is 5.41 Å². The molecular weight excluding hydrogens is 737 g/mol. The maximum Gasteiger partial charge on any atom is 0.160 e. The first kappa shape index (κ1) is 36.4. The molecule has 10 aromatic rings. The van der Waals surface area contributed by atoms with Gasteiger partial charge >= 0.3 is 0 Å². The molecule has 0 fully saturated rings. The molecule has 9 aromatic carbocycles. The van der Waals surface area contributed by atoms with Crippen LogP contribution in [0.5, 0.6) is 0 Å². The molecule has 1 aromatic heterocycles. The Morgan fingerprint density at radius 3 is 1.54 bits per heavy atom. The fourth-order valence-electron chi connectivity index (χ4n) is 9.60. The van der Waals surface area contributed by atoms with Gasteiger partial charge in [0.05, 0.1) is 11.4 Å². The highest BCUT2D eigenvalue weighted by Crippen LogP contribution is 2.52. The predicted molar refractivity (Wildman–Crippen MR) is 255 cm³/mol. The third kappa shape index (κ3) is 6.36. The Bertz CT molecular complexity index is 3260. The molecule has 0 amide bonds. The average molecular weight is 779 g/mol. The SMILES string of the molecule is CC1(C)c2ccccc2-c2cccc(-c3cccc(-c4ccc(-c5cc(-c6ccc(-c7ccccc7)c(-c7ccccc7)c6)nc(-c6ccccc6)n5)c5ccccc45)c3)c21. The van der Waals surface area contributed by atoms with Crippen LogP contribution in [0.15, 0.2) is 218 Å². The molecule has 0 unspecified atom stereocenters. The summed E-state index contributed by atoms with van der Waals surface area (Å²) in [6.45, 7) is 4.72. The lowest BCUT2D eigenvalue weighted by atomic mass is 9.78. The first-order valence-corrected chi connectivity index (χ1v) is 21.1. The molecule has 61 heavy (non-hydrogen) atoms. The minimum Gasteiger partial charge on any atom is -0.228 e. The van der Waals surface area contributed by atoms with E-state index in [1.165, 1.54) is 61.0 Å². The second-order valence-corrected chi connectivity index (χ2v) is 16.5. The van der Waals surface area contributed by atoms with Gasteiger partial charge in [0, 0.05) is 22.1 Å². The molecule has 1 heterocycles. The molecule has 2 heteroatoms. The van der Waals surface area contributed by atoms with E-state index in [2.05, 4.69) is 226 Å². The third-order valence-corrected chi connectivity index (χ3v) is 12.5. The summed E-state index contributed by atoms with van der Waals surface area (Å²) in [5, 5.41) is 2.33. The van der Waals surface area contributed by atoms with Gasteiger partial charge < -0.3 is 0 Å². The molecule has 0 spiro atoms. The van der Waals surface area contributed by atoms with Crippen LogP contribution in [-0.4, -0.2) is 9.97 Å². The smallest absolute Gasteiger partial charge is 0.160 e. The average Bonchev–Trinajstić information content (AvgIpc) is 3.57. The number of aromatic nitrogens is 2. The summed E-state index contributed by atoms with van der Waals surface area (Å²) in [7, 11) is 0. The molecule has 0 atom stereocenters. The van der Waals surface area contributed by atoms with Crippen molar-refractivity contribution in [2.24, 2.45) is 0 Å². The van der Waals surface area contributed by atoms with Crippen molar-refractivity contribution < 1.29 is 0 Å². The van der Waals surface area contributed by atoms with Gasteiger partial charge in [-0.25, -0.2) is 9.97 Å². The van der Waals surface area contributed by atoms with E-state index >= 15 is 0 Å². The van der Waals surface area contributed by atoms with Gasteiger partial charge in [0.15, 0.2) is 5.82 Å². The fourth-order valence-corrected chi connectivity index (χ4v) is 9.60. The largest absolute Gasteiger partial charge is 0.228 e. The number of fused-ring (bicyclic) bond motifs is 4. The van der Waals surface area contributed by atoms with E-state index in [4.69, 9.17) is 9.97 Å². The van der Waals surface area contributed by atoms with Gasteiger partial charge in [-0.05, 0) is 95.7 Å². The molecule has 11 rings (SSSR count). The molecule has 0 radical (unpaired) electrons. The third-order valence-electron chi connectivity index (χ3n) is 12.5. The van der Waals surface area contributed by atoms with E-state index in [1.54, 1.807) is 0 Å². The zero-order valence-electron chi connectivity index (χ0n) is 34.2. The lowest BCUT2D eigenvalue weighted by Gasteiger charge is -2.24. The molecule has 0 saturated carbocycles. The van der Waals surface area contributed by atoms with Gasteiger partial charge in [-0.15, -0.1) is 0 Å². The van der Waals surface area contributed by atoms with Crippen molar-refractivity contribution in [2.45, 2.75) is 19.3 Å². The van der Waals surface area contributed by atoms with Crippen molar-refractivity contribution in [3.05, 3.63) is 230 Å². The van der Waals surface area contributed by atoms with Crippen molar-refractivity contribution in [3.63, 3.8) is 0 Å². The Morgan fingerprint density at radius 1 is 0.295 bits per heavy atom. The van der Waals surface area contributed by atoms with Gasteiger partial charge in [-0.2, -0.15) is 0 Å². The molecule has 0 aliphatic heterocycles. The molecule has 0 N–H and O–H groups in total. The molecule has 1 aliphatic rings. The molecule has 0 bridgehead atoms. The second-order valence-electron chi connectivity index (χ2n) is 16.5. The molecular formula is C59H42N2. The summed E-state index contributed by atoms with van der Waals surface area (Å²) < 4.78 is 0. The lowest BCUT2D eigenvalue weighted by molar-refractivity contribution is 0.662. The molecule has 288 valence electrons. The first-order chi connectivity index (χ1) is 30.0. The Hall–Kier alpha value is -7.68. The second kappa shape index (κ2) is 14.9. The summed E-state index contributed by atoms with van der Waals surface area (Å²) in [6, 6.07) is 78.5. The Kier molecular flexibility index (Phi) is 8.86. The van der Waals surface area contributed by atoms with E-state index in [0.717, 1.165) is 44.6 Å². The summed E-state index contributed by atoms with van der Waals surface area (Å²) in [5.74, 6) is 0.697. The van der Waals surface area contributed by atoms with Crippen LogP contribution in [0, 0.1) is 0 Å². The van der Waals surface area contributed by atoms with E-state index in [1.807, 2.05) is 6.07 Å². The van der Waals surface area contributed by atoms with Crippen molar-refractivity contribution in [2.75, 3.05) is 0 Å². The Labute approximate surface area is 357 Å². The maximum absolute atomic E-state index is 5.30. The lowest BCUT2D eigenvalue weighted by Crippen LogP contribution is -2.16. The summed E-state index contributed by atoms with van der Waals surface area (Å²) in [4.78, 5) is 10.6. The van der Waals surface area contributed by atoms with Gasteiger partial charge in [0.2, 0.25) is 0 Å². The highest BCUT2D eigenvalue weighted by atomic mass is 14.9. The van der Waals surface area contributed by atoms with Crippen LogP contribution >= 0.6 is 0 Å². The van der Waals surface area contributed by atoms with E-state index in [9.17, 15) is 0 Å². The Morgan fingerprint density at radius 2 is 0.803 bits per heavy atom. The van der Waals surface area contributed by atoms with Crippen molar-refractivity contribution in [1.29, 1.82) is 0 Å². The molecule has 0 saturated heterocycles. The fraction of sp³-hybridized carbons (Fsp3) is 0.0508. The van der Waals surface area contributed by atoms with Crippen molar-refractivity contribution in [3.8, 4) is 89.5 Å². The van der Waals surface area contributed by atoms with E-state index in [0.29, 0.717) is 5.82 Å². The van der Waals surface area contributed by atoms with Gasteiger partial charge in [0.1, 0.15) is 0 Å². The number of benzene rings is 9. The minimum absolute atomic E-state index is 0.102. The topological polar surface area (TPSA) is 25.8 Å². The van der Waals surface area contributed by atoms with Crippen LogP contribution in [-0.2, 0) is 5.41 Å². The quantitative estimate of drug-likeness (QED) is 0.161. The minimum atomic E-state index is -0.102. The number of hydrogen-bond acceptors (Lipinski definition) is 2. The van der Waals surface area contributed by atoms with Crippen LogP contribution in [0.1, 0.15) is 25.0 Å². The van der Waals surface area contributed by atoms with Gasteiger partial charge in [-0.1, -0.05) is 214 Å². The number of rotatable bonds is 7. The van der Waals surface area contributed by atoms with Crippen molar-refractivity contribution in [1.82, 2.24) is 9.97 Å². The van der Waals surface area contributed by atoms with Gasteiger partial charge in [0.25, 0.3) is 0 Å². The van der Waals surface area contributed by atoms with Crippen LogP contribution < -0.4 is 0 Å². The zero-order chi connectivity index (χ0) is 40.9. The normalized spacial score (nSPS) is 12.6. The number of nitrogens with zero attached hydrogens (tertiary/aromatic N) is 2. The monoisotopic (exact) mass is 778 g/mol. The summed E-state index contributed by atoms with van der Waals surface area (Å²) in [6.07, 6.45) is 0. The number of hydrogen-bond donors (Lipinski definition) is 0. The van der Waals surface area contributed by atoms with Crippen LogP contribution in [0.3, 0.4) is 0 Å². The van der Waals surface area contributed by atoms with E-state index < -0.39 is 0 Å². The predicted octanol–water partition coefficient (Wildman–Crippen LogP) is 15.6. The van der Waals surface area contributed by atoms with Crippen molar-refractivity contribution >= 4 is 10.8 Å². The van der Waals surface area contributed by atoms with Crippen LogP contribution in [0.2, 0.25) is 0 Å². The summed E-state index contributed by atoms with van der Waals surface area (Å²) in [5.41, 5.74) is 19.8. The molecule has 1 aliphatic carbocycles.